The normalized spacial score (nSPS) is 26.0. The molecule has 1 aliphatic heterocycles. The number of hydrogen-bond donors (Lipinski definition) is 1. The Morgan fingerprint density at radius 3 is 2.78 bits per heavy atom. The minimum atomic E-state index is -0.394. The van der Waals surface area contributed by atoms with Gasteiger partial charge in [0, 0.05) is 6.42 Å². The first-order chi connectivity index (χ1) is 4.30. The van der Waals surface area contributed by atoms with E-state index in [0.29, 0.717) is 13.0 Å². The van der Waals surface area contributed by atoms with Crippen LogP contribution in [0.2, 0.25) is 0 Å². The summed E-state index contributed by atoms with van der Waals surface area (Å²) >= 11 is 0. The van der Waals surface area contributed by atoms with Crippen LogP contribution in [0, 0.1) is 0 Å². The lowest BCUT2D eigenvalue weighted by atomic mass is 10.2. The third kappa shape index (κ3) is 1.54. The van der Waals surface area contributed by atoms with Crippen LogP contribution >= 0.6 is 0 Å². The van der Waals surface area contributed by atoms with Crippen LogP contribution in [0.1, 0.15) is 6.42 Å². The van der Waals surface area contributed by atoms with Gasteiger partial charge in [0.05, 0.1) is 6.61 Å². The lowest BCUT2D eigenvalue weighted by molar-refractivity contribution is -0.128. The number of carbonyl (C=O) groups is 1. The molecule has 0 radical (unpaired) electrons. The Hall–Kier alpha value is -0.830. The van der Waals surface area contributed by atoms with Crippen LogP contribution in [0.3, 0.4) is 0 Å². The molecule has 0 saturated heterocycles. The fourth-order valence-corrected chi connectivity index (χ4v) is 0.726. The molecule has 0 spiro atoms. The van der Waals surface area contributed by atoms with Crippen molar-refractivity contribution in [3.63, 3.8) is 0 Å². The molecule has 0 unspecified atom stereocenters. The second kappa shape index (κ2) is 2.64. The predicted octanol–water partition coefficient (Wildman–Crippen LogP) is -0.183. The summed E-state index contributed by atoms with van der Waals surface area (Å²) in [6.07, 6.45) is 4.00. The first kappa shape index (κ1) is 6.29. The van der Waals surface area contributed by atoms with Gasteiger partial charge < -0.3 is 10.5 Å². The highest BCUT2D eigenvalue weighted by molar-refractivity contribution is 5.79. The number of rotatable bonds is 1. The standard InChI is InChI=1S/C6H9NO2/c7-6(8)5-3-1-2-4-9-5/h1-2,5H,3-4H2,(H2,7,8)/t5-/m0/s1. The minimum absolute atomic E-state index is 0.376. The van der Waals surface area contributed by atoms with Crippen LogP contribution in [0.5, 0.6) is 0 Å². The number of primary amides is 1. The molecule has 0 saturated carbocycles. The average molecular weight is 127 g/mol. The Morgan fingerprint density at radius 2 is 2.44 bits per heavy atom. The van der Waals surface area contributed by atoms with Gasteiger partial charge in [-0.25, -0.2) is 0 Å². The molecule has 9 heavy (non-hydrogen) atoms. The fourth-order valence-electron chi connectivity index (χ4n) is 0.726. The van der Waals surface area contributed by atoms with Gasteiger partial charge in [0.15, 0.2) is 0 Å². The molecule has 0 fully saturated rings. The van der Waals surface area contributed by atoms with Gasteiger partial charge in [-0.1, -0.05) is 12.2 Å². The zero-order valence-corrected chi connectivity index (χ0v) is 5.04. The maximum Gasteiger partial charge on any atom is 0.246 e. The van der Waals surface area contributed by atoms with E-state index in [1.165, 1.54) is 0 Å². The van der Waals surface area contributed by atoms with E-state index in [1.807, 2.05) is 12.2 Å². The highest BCUT2D eigenvalue weighted by Gasteiger charge is 2.14. The van der Waals surface area contributed by atoms with Gasteiger partial charge >= 0.3 is 0 Å². The number of hydrogen-bond acceptors (Lipinski definition) is 2. The SMILES string of the molecule is NC(=O)[C@@H]1CC=CCO1. The molecule has 3 nitrogen and oxygen atoms in total. The van der Waals surface area contributed by atoms with Crippen molar-refractivity contribution in [2.45, 2.75) is 12.5 Å². The fraction of sp³-hybridized carbons (Fsp3) is 0.500. The summed E-state index contributed by atoms with van der Waals surface area (Å²) in [4.78, 5) is 10.4. The quantitative estimate of drug-likeness (QED) is 0.496. The van der Waals surface area contributed by atoms with Gasteiger partial charge in [0.2, 0.25) is 5.91 Å². The monoisotopic (exact) mass is 127 g/mol. The summed E-state index contributed by atoms with van der Waals surface area (Å²) in [5, 5.41) is 0. The largest absolute Gasteiger partial charge is 0.367 e. The summed E-state index contributed by atoms with van der Waals surface area (Å²) < 4.78 is 4.98. The summed E-state index contributed by atoms with van der Waals surface area (Å²) in [6, 6.07) is 0. The van der Waals surface area contributed by atoms with Crippen molar-refractivity contribution >= 4 is 5.91 Å². The van der Waals surface area contributed by atoms with Gasteiger partial charge in [-0.05, 0) is 0 Å². The van der Waals surface area contributed by atoms with Crippen molar-refractivity contribution in [1.82, 2.24) is 0 Å². The Labute approximate surface area is 53.5 Å². The van der Waals surface area contributed by atoms with Crippen LogP contribution in [-0.4, -0.2) is 18.6 Å². The Morgan fingerprint density at radius 1 is 1.67 bits per heavy atom. The Kier molecular flexibility index (Phi) is 1.85. The third-order valence-corrected chi connectivity index (χ3v) is 1.23. The van der Waals surface area contributed by atoms with Gasteiger partial charge in [0.1, 0.15) is 6.10 Å². The summed E-state index contributed by atoms with van der Waals surface area (Å²) in [6.45, 7) is 0.508. The first-order valence-corrected chi connectivity index (χ1v) is 2.86. The molecule has 0 bridgehead atoms. The van der Waals surface area contributed by atoms with Crippen LogP contribution in [0.4, 0.5) is 0 Å². The number of carbonyl (C=O) groups excluding carboxylic acids is 1. The Bertz CT molecular complexity index is 142. The molecule has 3 heteroatoms. The molecule has 1 heterocycles. The highest BCUT2D eigenvalue weighted by atomic mass is 16.5. The maximum atomic E-state index is 10.4. The van der Waals surface area contributed by atoms with Gasteiger partial charge in [0.25, 0.3) is 0 Å². The van der Waals surface area contributed by atoms with Crippen LogP contribution in [0.15, 0.2) is 12.2 Å². The van der Waals surface area contributed by atoms with E-state index in [-0.39, 0.29) is 5.91 Å². The van der Waals surface area contributed by atoms with Crippen LogP contribution in [-0.2, 0) is 9.53 Å². The van der Waals surface area contributed by atoms with Crippen molar-refractivity contribution in [2.24, 2.45) is 5.73 Å². The van der Waals surface area contributed by atoms with Gasteiger partial charge in [-0.2, -0.15) is 0 Å². The zero-order chi connectivity index (χ0) is 6.69. The van der Waals surface area contributed by atoms with E-state index in [2.05, 4.69) is 0 Å². The maximum absolute atomic E-state index is 10.4. The molecule has 1 amide bonds. The summed E-state index contributed by atoms with van der Waals surface area (Å²) in [7, 11) is 0. The van der Waals surface area contributed by atoms with Crippen molar-refractivity contribution in [2.75, 3.05) is 6.61 Å². The van der Waals surface area contributed by atoms with E-state index in [1.54, 1.807) is 0 Å². The van der Waals surface area contributed by atoms with Crippen molar-refractivity contribution in [3.8, 4) is 0 Å². The van der Waals surface area contributed by atoms with Crippen molar-refractivity contribution in [3.05, 3.63) is 12.2 Å². The Balaban J connectivity index is 2.44. The molecule has 1 rings (SSSR count). The molecule has 0 aromatic rings. The lowest BCUT2D eigenvalue weighted by Crippen LogP contribution is -2.32. The molecule has 2 N–H and O–H groups in total. The third-order valence-electron chi connectivity index (χ3n) is 1.23. The van der Waals surface area contributed by atoms with Crippen LogP contribution in [0.25, 0.3) is 0 Å². The number of amides is 1. The van der Waals surface area contributed by atoms with Crippen molar-refractivity contribution in [1.29, 1.82) is 0 Å². The topological polar surface area (TPSA) is 52.3 Å². The second-order valence-electron chi connectivity index (χ2n) is 1.93. The second-order valence-corrected chi connectivity index (χ2v) is 1.93. The van der Waals surface area contributed by atoms with E-state index in [0.717, 1.165) is 0 Å². The number of nitrogens with two attached hydrogens (primary N) is 1. The van der Waals surface area contributed by atoms with E-state index >= 15 is 0 Å². The van der Waals surface area contributed by atoms with E-state index in [9.17, 15) is 4.79 Å². The molecule has 1 atom stereocenters. The van der Waals surface area contributed by atoms with Gasteiger partial charge in [-0.3, -0.25) is 4.79 Å². The summed E-state index contributed by atoms with van der Waals surface area (Å²) in [5.41, 5.74) is 4.97. The molecule has 0 aromatic carbocycles. The average Bonchev–Trinajstić information content (AvgIpc) is 1.90. The van der Waals surface area contributed by atoms with E-state index in [4.69, 9.17) is 10.5 Å². The molecule has 0 aromatic heterocycles. The van der Waals surface area contributed by atoms with E-state index < -0.39 is 6.10 Å². The highest BCUT2D eigenvalue weighted by Crippen LogP contribution is 2.04. The predicted molar refractivity (Wildman–Crippen MR) is 32.7 cm³/mol. The zero-order valence-electron chi connectivity index (χ0n) is 5.04. The molecule has 0 aliphatic carbocycles. The number of ether oxygens (including phenoxy) is 1. The molecular formula is C6H9NO2. The molecule has 1 aliphatic rings. The molecular weight excluding hydrogens is 118 g/mol. The molecule has 50 valence electrons. The first-order valence-electron chi connectivity index (χ1n) is 2.86. The van der Waals surface area contributed by atoms with Crippen molar-refractivity contribution < 1.29 is 9.53 Å². The lowest BCUT2D eigenvalue weighted by Gasteiger charge is -2.14. The summed E-state index contributed by atoms with van der Waals surface area (Å²) in [5.74, 6) is -0.376. The van der Waals surface area contributed by atoms with Gasteiger partial charge in [-0.15, -0.1) is 0 Å². The minimum Gasteiger partial charge on any atom is -0.367 e. The smallest absolute Gasteiger partial charge is 0.246 e. The van der Waals surface area contributed by atoms with Crippen LogP contribution < -0.4 is 5.73 Å².